The maximum Gasteiger partial charge on any atom is 0.472 e. The number of phosphoric acid groups is 1. The molecule has 7 atom stereocenters. The summed E-state index contributed by atoms with van der Waals surface area (Å²) < 4.78 is 37.8. The van der Waals surface area contributed by atoms with Crippen LogP contribution in [0, 0.1) is 11.3 Å². The third-order valence-electron chi connectivity index (χ3n) is 10.9. The highest BCUT2D eigenvalue weighted by Crippen LogP contribution is 2.68. The van der Waals surface area contributed by atoms with Gasteiger partial charge in [0.05, 0.1) is 36.6 Å². The number of phosphoric ester groups is 1. The van der Waals surface area contributed by atoms with Gasteiger partial charge in [-0.2, -0.15) is 10.4 Å². The molecule has 54 heavy (non-hydrogen) atoms. The summed E-state index contributed by atoms with van der Waals surface area (Å²) in [5.41, 5.74) is 4.47. The summed E-state index contributed by atoms with van der Waals surface area (Å²) in [7, 11) is -4.76. The second-order valence-electron chi connectivity index (χ2n) is 15.0. The Morgan fingerprint density at radius 1 is 1.04 bits per heavy atom. The Bertz CT molecular complexity index is 1760. The van der Waals surface area contributed by atoms with Crippen LogP contribution in [0.4, 0.5) is 5.82 Å². The fourth-order valence-corrected chi connectivity index (χ4v) is 8.93. The van der Waals surface area contributed by atoms with Gasteiger partial charge in [-0.3, -0.25) is 9.05 Å². The number of halogens is 1. The molecule has 0 spiro atoms. The maximum absolute atomic E-state index is 13.2. The molecular weight excluding hydrogens is 733 g/mol. The van der Waals surface area contributed by atoms with Crippen molar-refractivity contribution < 1.29 is 38.2 Å². The maximum atomic E-state index is 13.2. The summed E-state index contributed by atoms with van der Waals surface area (Å²) in [5, 5.41) is 36.6. The first-order valence-electron chi connectivity index (χ1n) is 19.6. The molecule has 2 aromatic heterocycles. The van der Waals surface area contributed by atoms with E-state index < -0.39 is 43.4 Å². The minimum Gasteiger partial charge on any atom is -0.387 e. The second kappa shape index (κ2) is 19.5. The van der Waals surface area contributed by atoms with E-state index in [9.17, 15) is 24.9 Å². The van der Waals surface area contributed by atoms with Crippen molar-refractivity contribution in [2.45, 2.75) is 159 Å². The van der Waals surface area contributed by atoms with Gasteiger partial charge in [0, 0.05) is 5.02 Å². The van der Waals surface area contributed by atoms with Gasteiger partial charge in [-0.25, -0.2) is 14.1 Å². The molecule has 13 nitrogen and oxygen atoms in total. The highest BCUT2D eigenvalue weighted by atomic mass is 35.5. The number of hydrogen-bond donors (Lipinski definition) is 4. The predicted molar refractivity (Wildman–Crippen MR) is 206 cm³/mol. The number of anilines is 1. The molecule has 3 aromatic rings. The van der Waals surface area contributed by atoms with E-state index in [-0.39, 0.29) is 19.0 Å². The van der Waals surface area contributed by atoms with Crippen LogP contribution < -0.4 is 5.73 Å². The lowest BCUT2D eigenvalue weighted by molar-refractivity contribution is -0.0816. The molecule has 1 aromatic carbocycles. The number of hydrogen-bond acceptors (Lipinski definition) is 11. The average molecular weight is 790 g/mol. The lowest BCUT2D eigenvalue weighted by Crippen LogP contribution is -2.35. The molecule has 0 amide bonds. The van der Waals surface area contributed by atoms with E-state index in [1.54, 1.807) is 30.3 Å². The molecule has 2 fully saturated rings. The van der Waals surface area contributed by atoms with E-state index in [2.05, 4.69) is 23.1 Å². The number of rotatable bonds is 25. The second-order valence-corrected chi connectivity index (χ2v) is 16.8. The van der Waals surface area contributed by atoms with Crippen LogP contribution in [0.3, 0.4) is 0 Å². The summed E-state index contributed by atoms with van der Waals surface area (Å²) in [6, 6.07) is 10.4. The van der Waals surface area contributed by atoms with Gasteiger partial charge >= 0.3 is 7.82 Å². The number of ether oxygens (including phenoxy) is 2. The molecule has 5 rings (SSSR count). The molecule has 0 radical (unpaired) electrons. The third-order valence-corrected chi connectivity index (χ3v) is 12.1. The standard InChI is InChI=1S/C39H57ClN5O8P/c1-3-4-5-6-7-8-9-10-11-12-13-14-15-16-17-18-31(50-25-29-21-28(24-41)22-30(40)23-29)26-51-54(48,49)53-37-38(2)39(37,47)35(46)34(52-38)32-19-20-33-36(42)43-27-44-45(32)33/h19-23,27,31,34-35,37,46-47H,3-18,25-26H2,1-2H3,(H,48,49)(H2,42,43,44)/t31-,34+,35+,37?,38-,39-/m1/s1. The van der Waals surface area contributed by atoms with Crippen molar-refractivity contribution in [2.75, 3.05) is 12.3 Å². The van der Waals surface area contributed by atoms with Gasteiger partial charge in [0.1, 0.15) is 35.8 Å². The smallest absolute Gasteiger partial charge is 0.387 e. The minimum atomic E-state index is -4.76. The van der Waals surface area contributed by atoms with Gasteiger partial charge in [0.2, 0.25) is 0 Å². The normalized spacial score (nSPS) is 25.0. The monoisotopic (exact) mass is 789 g/mol. The van der Waals surface area contributed by atoms with Crippen LogP contribution in [0.1, 0.15) is 140 Å². The molecule has 1 aliphatic carbocycles. The number of nitrogens with two attached hydrogens (primary N) is 1. The van der Waals surface area contributed by atoms with Crippen molar-refractivity contribution in [3.63, 3.8) is 0 Å². The number of benzene rings is 1. The lowest BCUT2D eigenvalue weighted by Gasteiger charge is -2.24. The van der Waals surface area contributed by atoms with Gasteiger partial charge in [-0.05, 0) is 49.2 Å². The SMILES string of the molecule is CCCCCCCCCCCCCCCCC[C@H](COP(=O)(O)OC1[C@@]2(C)O[C@@H](c3ccc4c(N)ncnn34)[C@H](O)[C@@]12O)OCc1cc(Cl)cc(C#N)c1. The molecular formula is C39H57ClN5O8P. The zero-order valence-electron chi connectivity index (χ0n) is 31.6. The Labute approximate surface area is 323 Å². The number of nitriles is 1. The van der Waals surface area contributed by atoms with Gasteiger partial charge < -0.3 is 30.3 Å². The summed E-state index contributed by atoms with van der Waals surface area (Å²) in [6.45, 7) is 3.61. The van der Waals surface area contributed by atoms with Gasteiger partial charge in [-0.1, -0.05) is 115 Å². The van der Waals surface area contributed by atoms with Crippen molar-refractivity contribution in [2.24, 2.45) is 0 Å². The summed E-state index contributed by atoms with van der Waals surface area (Å²) in [6.07, 6.45) is 16.0. The molecule has 15 heteroatoms. The van der Waals surface area contributed by atoms with Crippen molar-refractivity contribution in [3.05, 3.63) is 58.5 Å². The van der Waals surface area contributed by atoms with E-state index in [4.69, 9.17) is 35.9 Å². The Balaban J connectivity index is 1.08. The highest BCUT2D eigenvalue weighted by Gasteiger charge is 2.87. The van der Waals surface area contributed by atoms with Crippen LogP contribution >= 0.6 is 19.4 Å². The number of aliphatic hydroxyl groups is 2. The first-order chi connectivity index (χ1) is 25.9. The number of aromatic nitrogens is 3. The van der Waals surface area contributed by atoms with Crippen LogP contribution in [-0.4, -0.2) is 65.8 Å². The van der Waals surface area contributed by atoms with E-state index in [0.29, 0.717) is 33.8 Å². The largest absolute Gasteiger partial charge is 0.472 e. The summed E-state index contributed by atoms with van der Waals surface area (Å²) in [5.74, 6) is 0.236. The minimum absolute atomic E-state index is 0.117. The van der Waals surface area contributed by atoms with Crippen LogP contribution in [-0.2, 0) is 29.7 Å². The van der Waals surface area contributed by atoms with Crippen molar-refractivity contribution in [3.8, 4) is 6.07 Å². The molecule has 298 valence electrons. The average Bonchev–Trinajstić information content (AvgIpc) is 3.40. The molecule has 1 saturated heterocycles. The van der Waals surface area contributed by atoms with Crippen molar-refractivity contribution >= 4 is 30.8 Å². The summed E-state index contributed by atoms with van der Waals surface area (Å²) >= 11 is 6.19. The number of unbranched alkanes of at least 4 members (excludes halogenated alkanes) is 14. The van der Waals surface area contributed by atoms with E-state index in [1.807, 2.05) is 0 Å². The molecule has 3 heterocycles. The van der Waals surface area contributed by atoms with Gasteiger partial charge in [0.15, 0.2) is 11.4 Å². The van der Waals surface area contributed by atoms with E-state index in [0.717, 1.165) is 19.3 Å². The van der Waals surface area contributed by atoms with Crippen LogP contribution in [0.5, 0.6) is 0 Å². The third kappa shape index (κ3) is 10.4. The van der Waals surface area contributed by atoms with E-state index >= 15 is 0 Å². The Morgan fingerprint density at radius 3 is 2.26 bits per heavy atom. The number of nitrogens with zero attached hydrogens (tertiary/aromatic N) is 4. The van der Waals surface area contributed by atoms with E-state index in [1.165, 1.54) is 94.8 Å². The summed E-state index contributed by atoms with van der Waals surface area (Å²) in [4.78, 5) is 14.7. The Kier molecular flexibility index (Phi) is 15.3. The van der Waals surface area contributed by atoms with Crippen LogP contribution in [0.2, 0.25) is 5.02 Å². The first-order valence-corrected chi connectivity index (χ1v) is 21.4. The zero-order chi connectivity index (χ0) is 38.8. The molecule has 5 N–H and O–H groups in total. The molecule has 1 saturated carbocycles. The first kappa shape index (κ1) is 42.5. The predicted octanol–water partition coefficient (Wildman–Crippen LogP) is 8.12. The van der Waals surface area contributed by atoms with Crippen LogP contribution in [0.15, 0.2) is 36.7 Å². The number of fused-ring (bicyclic) bond motifs is 2. The topological polar surface area (TPSA) is 195 Å². The highest BCUT2D eigenvalue weighted by molar-refractivity contribution is 7.47. The Hall–Kier alpha value is -2.63. The van der Waals surface area contributed by atoms with Gasteiger partial charge in [-0.15, -0.1) is 0 Å². The fourth-order valence-electron chi connectivity index (χ4n) is 7.63. The Morgan fingerprint density at radius 2 is 1.67 bits per heavy atom. The number of nitrogen functional groups attached to an aromatic ring is 1. The molecule has 1 aliphatic heterocycles. The molecule has 2 aliphatic rings. The van der Waals surface area contributed by atoms with Crippen molar-refractivity contribution in [1.82, 2.24) is 14.6 Å². The van der Waals surface area contributed by atoms with Crippen LogP contribution in [0.25, 0.3) is 5.52 Å². The fraction of sp³-hybridized carbons (Fsp3) is 0.667. The van der Waals surface area contributed by atoms with Crippen molar-refractivity contribution in [1.29, 1.82) is 5.26 Å². The molecule has 2 unspecified atom stereocenters. The zero-order valence-corrected chi connectivity index (χ0v) is 33.2. The quantitative estimate of drug-likeness (QED) is 0.0476. The lowest BCUT2D eigenvalue weighted by atomic mass is 10.0. The number of aliphatic hydroxyl groups excluding tert-OH is 1. The molecule has 0 bridgehead atoms. The van der Waals surface area contributed by atoms with Gasteiger partial charge in [0.25, 0.3) is 0 Å².